The second-order valence-corrected chi connectivity index (χ2v) is 12.2. The Morgan fingerprint density at radius 2 is 1.54 bits per heavy atom. The van der Waals surface area contributed by atoms with Crippen LogP contribution in [0.4, 0.5) is 5.69 Å². The summed E-state index contributed by atoms with van der Waals surface area (Å²) in [5.41, 5.74) is 3.71. The number of hydrogen-bond donors (Lipinski definition) is 0. The first-order valence-electron chi connectivity index (χ1n) is 13.6. The summed E-state index contributed by atoms with van der Waals surface area (Å²) in [5.74, 6) is 1.01. The average Bonchev–Trinajstić information content (AvgIpc) is 3.64. The third-order valence-corrected chi connectivity index (χ3v) is 9.45. The van der Waals surface area contributed by atoms with Crippen molar-refractivity contribution >= 4 is 22.0 Å². The van der Waals surface area contributed by atoms with Gasteiger partial charge in [0.05, 0.1) is 11.0 Å². The number of nitrogens with zero attached hydrogens (tertiary/aromatic N) is 5. The normalized spacial score (nSPS) is 20.4. The van der Waals surface area contributed by atoms with Gasteiger partial charge in [-0.05, 0) is 47.5 Å². The number of carbonyl (C=O) groups excluding carboxylic acids is 1. The molecule has 0 amide bonds. The van der Waals surface area contributed by atoms with Crippen LogP contribution >= 0.6 is 0 Å². The maximum absolute atomic E-state index is 13.3. The van der Waals surface area contributed by atoms with Gasteiger partial charge < -0.3 is 14.2 Å². The molecule has 0 radical (unpaired) electrons. The minimum absolute atomic E-state index is 0.182. The monoisotopic (exact) mass is 573 g/mol. The van der Waals surface area contributed by atoms with Gasteiger partial charge in [0.1, 0.15) is 0 Å². The van der Waals surface area contributed by atoms with Crippen LogP contribution in [0.2, 0.25) is 0 Å². The number of hydrogen-bond acceptors (Lipinski definition) is 9. The molecule has 2 atom stereocenters. The first-order chi connectivity index (χ1) is 19.9. The van der Waals surface area contributed by atoms with Crippen molar-refractivity contribution in [1.29, 1.82) is 0 Å². The zero-order chi connectivity index (χ0) is 28.4. The van der Waals surface area contributed by atoms with Gasteiger partial charge in [-0.1, -0.05) is 47.6 Å². The van der Waals surface area contributed by atoms with Gasteiger partial charge in [-0.3, -0.25) is 9.69 Å². The summed E-state index contributed by atoms with van der Waals surface area (Å²) in [6.45, 7) is 4.88. The van der Waals surface area contributed by atoms with Crippen LogP contribution in [-0.2, 0) is 19.6 Å². The molecule has 0 saturated carbocycles. The number of piperazine rings is 1. The minimum Gasteiger partial charge on any atom is -0.345 e. The van der Waals surface area contributed by atoms with Gasteiger partial charge in [-0.2, -0.15) is 9.29 Å². The molecule has 0 aliphatic carbocycles. The second kappa shape index (κ2) is 11.5. The van der Waals surface area contributed by atoms with E-state index in [4.69, 9.17) is 9.26 Å². The fraction of sp³-hybridized carbons (Fsp3) is 0.300. The molecule has 2 aliphatic rings. The Kier molecular flexibility index (Phi) is 7.67. The number of ether oxygens (including phenoxy) is 1. The molecule has 11 heteroatoms. The Morgan fingerprint density at radius 1 is 0.878 bits per heavy atom. The molecule has 4 aromatic rings. The molecule has 1 aromatic heterocycles. The summed E-state index contributed by atoms with van der Waals surface area (Å²) in [7, 11) is -3.59. The molecule has 10 nitrogen and oxygen atoms in total. The van der Waals surface area contributed by atoms with E-state index in [0.29, 0.717) is 55.9 Å². The predicted octanol–water partition coefficient (Wildman–Crippen LogP) is 3.45. The van der Waals surface area contributed by atoms with Gasteiger partial charge in [0.2, 0.25) is 21.7 Å². The number of rotatable bonds is 8. The van der Waals surface area contributed by atoms with Crippen molar-refractivity contribution < 1.29 is 22.5 Å². The standard InChI is InChI=1S/C30H31N5O5S/c1-22-31-30(32-40-22)25-7-11-26(12-8-25)35-20-27(39-29(35)21-36)19-33-15-17-34(18-16-33)41(37,38)28-13-9-24(10-14-28)23-5-3-2-4-6-23/h2-14,21,27,29H,15-20H2,1H3. The average molecular weight is 574 g/mol. The maximum atomic E-state index is 13.3. The molecule has 2 fully saturated rings. The molecule has 0 N–H and O–H groups in total. The lowest BCUT2D eigenvalue weighted by atomic mass is 10.1. The molecule has 0 spiro atoms. The van der Waals surface area contributed by atoms with E-state index in [1.54, 1.807) is 23.4 Å². The lowest BCUT2D eigenvalue weighted by Crippen LogP contribution is -2.50. The van der Waals surface area contributed by atoms with E-state index in [1.165, 1.54) is 0 Å². The fourth-order valence-electron chi connectivity index (χ4n) is 5.35. The van der Waals surface area contributed by atoms with E-state index in [1.807, 2.05) is 71.6 Å². The van der Waals surface area contributed by atoms with Crippen molar-refractivity contribution in [2.75, 3.05) is 44.2 Å². The fourth-order valence-corrected chi connectivity index (χ4v) is 6.78. The largest absolute Gasteiger partial charge is 0.345 e. The lowest BCUT2D eigenvalue weighted by Gasteiger charge is -2.34. The topological polar surface area (TPSA) is 109 Å². The Balaban J connectivity index is 1.04. The summed E-state index contributed by atoms with van der Waals surface area (Å²) >= 11 is 0. The maximum Gasteiger partial charge on any atom is 0.243 e. The number of benzene rings is 3. The number of aryl methyl sites for hydroxylation is 1. The van der Waals surface area contributed by atoms with Gasteiger partial charge in [-0.15, -0.1) is 0 Å². The molecule has 6 rings (SSSR count). The van der Waals surface area contributed by atoms with E-state index in [0.717, 1.165) is 28.7 Å². The number of sulfonamides is 1. The highest BCUT2D eigenvalue weighted by molar-refractivity contribution is 7.89. The van der Waals surface area contributed by atoms with Crippen LogP contribution in [0.1, 0.15) is 5.89 Å². The summed E-state index contributed by atoms with van der Waals surface area (Å²) in [6.07, 6.45) is -0.0541. The highest BCUT2D eigenvalue weighted by Crippen LogP contribution is 2.28. The minimum atomic E-state index is -3.59. The molecule has 3 heterocycles. The third kappa shape index (κ3) is 5.80. The molecule has 2 saturated heterocycles. The number of aldehydes is 1. The third-order valence-electron chi connectivity index (χ3n) is 7.53. The SMILES string of the molecule is Cc1nc(-c2ccc(N3CC(CN4CCN(S(=O)(=O)c5ccc(-c6ccccc6)cc5)CC4)OC3C=O)cc2)no1. The lowest BCUT2D eigenvalue weighted by molar-refractivity contribution is -0.117. The molecular weight excluding hydrogens is 542 g/mol. The van der Waals surface area contributed by atoms with Crippen LogP contribution in [0.3, 0.4) is 0 Å². The molecule has 2 aliphatic heterocycles. The van der Waals surface area contributed by atoms with Crippen LogP contribution in [0, 0.1) is 6.92 Å². The number of aromatic nitrogens is 2. The zero-order valence-corrected chi connectivity index (χ0v) is 23.5. The van der Waals surface area contributed by atoms with Gasteiger partial charge in [-0.25, -0.2) is 8.42 Å². The van der Waals surface area contributed by atoms with E-state index >= 15 is 0 Å². The highest BCUT2D eigenvalue weighted by Gasteiger charge is 2.35. The second-order valence-electron chi connectivity index (χ2n) is 10.2. The van der Waals surface area contributed by atoms with Crippen molar-refractivity contribution in [2.24, 2.45) is 0 Å². The Morgan fingerprint density at radius 3 is 2.17 bits per heavy atom. The van der Waals surface area contributed by atoms with Crippen molar-refractivity contribution in [1.82, 2.24) is 19.3 Å². The van der Waals surface area contributed by atoms with Crippen molar-refractivity contribution in [3.05, 3.63) is 84.8 Å². The molecule has 2 unspecified atom stereocenters. The van der Waals surface area contributed by atoms with E-state index in [-0.39, 0.29) is 6.10 Å². The molecule has 0 bridgehead atoms. The summed E-state index contributed by atoms with van der Waals surface area (Å²) in [5, 5.41) is 3.95. The van der Waals surface area contributed by atoms with E-state index in [2.05, 4.69) is 15.0 Å². The first kappa shape index (κ1) is 27.3. The number of anilines is 1. The quantitative estimate of drug-likeness (QED) is 0.293. The van der Waals surface area contributed by atoms with Gasteiger partial charge in [0.15, 0.2) is 12.5 Å². The summed E-state index contributed by atoms with van der Waals surface area (Å²) in [4.78, 5) is 20.5. The molecular formula is C30H31N5O5S. The van der Waals surface area contributed by atoms with Crippen LogP contribution < -0.4 is 4.90 Å². The Bertz CT molecular complexity index is 1580. The van der Waals surface area contributed by atoms with Crippen molar-refractivity contribution in [3.8, 4) is 22.5 Å². The summed E-state index contributed by atoms with van der Waals surface area (Å²) in [6, 6.07) is 24.6. The van der Waals surface area contributed by atoms with Crippen LogP contribution in [-0.4, -0.2) is 85.7 Å². The Labute approximate surface area is 239 Å². The smallest absolute Gasteiger partial charge is 0.243 e. The zero-order valence-electron chi connectivity index (χ0n) is 22.7. The predicted molar refractivity (Wildman–Crippen MR) is 154 cm³/mol. The Hall–Kier alpha value is -3.90. The molecule has 212 valence electrons. The van der Waals surface area contributed by atoms with E-state index in [9.17, 15) is 13.2 Å². The van der Waals surface area contributed by atoms with Gasteiger partial charge in [0.25, 0.3) is 0 Å². The van der Waals surface area contributed by atoms with Crippen LogP contribution in [0.25, 0.3) is 22.5 Å². The molecule has 41 heavy (non-hydrogen) atoms. The van der Waals surface area contributed by atoms with Gasteiger partial charge in [0, 0.05) is 57.4 Å². The highest BCUT2D eigenvalue weighted by atomic mass is 32.2. The first-order valence-corrected chi connectivity index (χ1v) is 15.0. The van der Waals surface area contributed by atoms with Crippen molar-refractivity contribution in [2.45, 2.75) is 24.2 Å². The van der Waals surface area contributed by atoms with Crippen LogP contribution in [0.15, 0.2) is 88.3 Å². The summed E-state index contributed by atoms with van der Waals surface area (Å²) < 4.78 is 39.3. The van der Waals surface area contributed by atoms with Crippen molar-refractivity contribution in [3.63, 3.8) is 0 Å². The molecule has 3 aromatic carbocycles. The van der Waals surface area contributed by atoms with Gasteiger partial charge >= 0.3 is 0 Å². The van der Waals surface area contributed by atoms with E-state index < -0.39 is 16.3 Å². The van der Waals surface area contributed by atoms with Crippen LogP contribution in [0.5, 0.6) is 0 Å². The number of carbonyl (C=O) groups is 1.